The van der Waals surface area contributed by atoms with Crippen molar-refractivity contribution in [3.63, 3.8) is 0 Å². The number of rotatable bonds is 4. The van der Waals surface area contributed by atoms with Crippen LogP contribution in [0.1, 0.15) is 22.6 Å². The highest BCUT2D eigenvalue weighted by Crippen LogP contribution is 2.34. The Morgan fingerprint density at radius 2 is 1.91 bits per heavy atom. The highest BCUT2D eigenvalue weighted by Gasteiger charge is 2.39. The van der Waals surface area contributed by atoms with E-state index in [0.29, 0.717) is 0 Å². The van der Waals surface area contributed by atoms with Crippen LogP contribution < -0.4 is 0 Å². The highest BCUT2D eigenvalue weighted by molar-refractivity contribution is 5.74. The van der Waals surface area contributed by atoms with E-state index >= 15 is 0 Å². The van der Waals surface area contributed by atoms with Crippen LogP contribution in [0, 0.1) is 12.8 Å². The molecule has 0 spiro atoms. The van der Waals surface area contributed by atoms with Gasteiger partial charge in [0.1, 0.15) is 0 Å². The number of carbonyl (C=O) groups is 1. The van der Waals surface area contributed by atoms with E-state index in [1.165, 1.54) is 23.8 Å². The molecule has 2 aromatic rings. The van der Waals surface area contributed by atoms with E-state index in [1.807, 2.05) is 6.07 Å². The molecule has 1 aliphatic rings. The summed E-state index contributed by atoms with van der Waals surface area (Å²) in [6.45, 7) is 4.60. The molecule has 3 rings (SSSR count). The fraction of sp³-hybridized carbons (Fsp3) is 0.350. The second-order valence-electron chi connectivity index (χ2n) is 6.33. The Hall–Kier alpha value is -2.13. The molecule has 3 heteroatoms. The number of nitrogens with zero attached hydrogens (tertiary/aromatic N) is 1. The van der Waals surface area contributed by atoms with E-state index in [-0.39, 0.29) is 17.8 Å². The summed E-state index contributed by atoms with van der Waals surface area (Å²) >= 11 is 0. The molecule has 0 aromatic heterocycles. The monoisotopic (exact) mass is 309 g/mol. The smallest absolute Gasteiger partial charge is 0.310 e. The van der Waals surface area contributed by atoms with Gasteiger partial charge in [0.15, 0.2) is 0 Å². The van der Waals surface area contributed by atoms with Crippen molar-refractivity contribution in [2.24, 2.45) is 5.92 Å². The molecule has 0 bridgehead atoms. The summed E-state index contributed by atoms with van der Waals surface area (Å²) in [7, 11) is 1.48. The van der Waals surface area contributed by atoms with Crippen LogP contribution in [0.3, 0.4) is 0 Å². The lowest BCUT2D eigenvalue weighted by Crippen LogP contribution is -2.24. The van der Waals surface area contributed by atoms with Crippen molar-refractivity contribution in [2.75, 3.05) is 20.2 Å². The van der Waals surface area contributed by atoms with Crippen LogP contribution in [0.4, 0.5) is 0 Å². The Bertz CT molecular complexity index is 668. The molecule has 1 aliphatic heterocycles. The number of aryl methyl sites for hydroxylation is 1. The highest BCUT2D eigenvalue weighted by atomic mass is 16.5. The molecule has 2 aromatic carbocycles. The second-order valence-corrected chi connectivity index (χ2v) is 6.33. The van der Waals surface area contributed by atoms with Crippen LogP contribution in [0.5, 0.6) is 0 Å². The van der Waals surface area contributed by atoms with Crippen LogP contribution in [-0.2, 0) is 16.1 Å². The Morgan fingerprint density at radius 3 is 2.61 bits per heavy atom. The lowest BCUT2D eigenvalue weighted by atomic mass is 9.88. The van der Waals surface area contributed by atoms with Crippen molar-refractivity contribution in [1.29, 1.82) is 0 Å². The van der Waals surface area contributed by atoms with Gasteiger partial charge in [0, 0.05) is 25.6 Å². The number of hydrogen-bond donors (Lipinski definition) is 0. The SMILES string of the molecule is COC(=O)[C@H]1CN(Cc2ccccc2)CC1c1cccc(C)c1. The zero-order valence-electron chi connectivity index (χ0n) is 13.7. The van der Waals surface area contributed by atoms with Gasteiger partial charge >= 0.3 is 5.97 Å². The van der Waals surface area contributed by atoms with E-state index in [0.717, 1.165) is 19.6 Å². The van der Waals surface area contributed by atoms with Gasteiger partial charge in [-0.15, -0.1) is 0 Å². The first kappa shape index (κ1) is 15.8. The maximum atomic E-state index is 12.2. The lowest BCUT2D eigenvalue weighted by molar-refractivity contribution is -0.145. The Balaban J connectivity index is 1.81. The normalized spacial score (nSPS) is 21.3. The van der Waals surface area contributed by atoms with Gasteiger partial charge in [-0.05, 0) is 18.1 Å². The van der Waals surface area contributed by atoms with Crippen molar-refractivity contribution in [3.8, 4) is 0 Å². The van der Waals surface area contributed by atoms with Gasteiger partial charge in [0.25, 0.3) is 0 Å². The third kappa shape index (κ3) is 3.62. The largest absolute Gasteiger partial charge is 0.469 e. The van der Waals surface area contributed by atoms with Crippen molar-refractivity contribution in [1.82, 2.24) is 4.90 Å². The number of hydrogen-bond acceptors (Lipinski definition) is 3. The van der Waals surface area contributed by atoms with Crippen LogP contribution >= 0.6 is 0 Å². The third-order valence-corrected chi connectivity index (χ3v) is 4.62. The van der Waals surface area contributed by atoms with Gasteiger partial charge in [0.05, 0.1) is 13.0 Å². The average Bonchev–Trinajstić information content (AvgIpc) is 2.99. The molecular weight excluding hydrogens is 286 g/mol. The van der Waals surface area contributed by atoms with E-state index < -0.39 is 0 Å². The zero-order chi connectivity index (χ0) is 16.2. The molecule has 0 radical (unpaired) electrons. The van der Waals surface area contributed by atoms with E-state index in [9.17, 15) is 4.79 Å². The number of ether oxygens (including phenoxy) is 1. The summed E-state index contributed by atoms with van der Waals surface area (Å²) in [6.07, 6.45) is 0. The van der Waals surface area contributed by atoms with E-state index in [1.54, 1.807) is 0 Å². The Labute approximate surface area is 137 Å². The molecule has 0 aliphatic carbocycles. The van der Waals surface area contributed by atoms with Gasteiger partial charge < -0.3 is 4.74 Å². The third-order valence-electron chi connectivity index (χ3n) is 4.62. The number of likely N-dealkylation sites (tertiary alicyclic amines) is 1. The quantitative estimate of drug-likeness (QED) is 0.811. The van der Waals surface area contributed by atoms with Gasteiger partial charge in [0.2, 0.25) is 0 Å². The van der Waals surface area contributed by atoms with Gasteiger partial charge in [-0.3, -0.25) is 9.69 Å². The predicted octanol–water partition coefficient (Wildman–Crippen LogP) is 3.38. The molecule has 0 amide bonds. The molecule has 3 nitrogen and oxygen atoms in total. The number of methoxy groups -OCH3 is 1. The molecule has 2 atom stereocenters. The molecule has 1 unspecified atom stereocenters. The van der Waals surface area contributed by atoms with Crippen LogP contribution in [-0.4, -0.2) is 31.1 Å². The molecule has 1 fully saturated rings. The summed E-state index contributed by atoms with van der Waals surface area (Å²) in [4.78, 5) is 14.6. The molecule has 120 valence electrons. The predicted molar refractivity (Wildman–Crippen MR) is 91.1 cm³/mol. The minimum absolute atomic E-state index is 0.0921. The first-order valence-electron chi connectivity index (χ1n) is 8.08. The summed E-state index contributed by atoms with van der Waals surface area (Å²) in [6, 6.07) is 18.9. The average molecular weight is 309 g/mol. The molecule has 0 N–H and O–H groups in total. The topological polar surface area (TPSA) is 29.5 Å². The Kier molecular flexibility index (Phi) is 4.77. The van der Waals surface area contributed by atoms with E-state index in [4.69, 9.17) is 4.74 Å². The van der Waals surface area contributed by atoms with Crippen molar-refractivity contribution in [3.05, 3.63) is 71.3 Å². The van der Waals surface area contributed by atoms with E-state index in [2.05, 4.69) is 60.4 Å². The van der Waals surface area contributed by atoms with Gasteiger partial charge in [-0.2, -0.15) is 0 Å². The minimum Gasteiger partial charge on any atom is -0.469 e. The number of benzene rings is 2. The lowest BCUT2D eigenvalue weighted by Gasteiger charge is -2.17. The number of carbonyl (C=O) groups excluding carboxylic acids is 1. The summed E-state index contributed by atoms with van der Waals surface area (Å²) < 4.78 is 5.05. The summed E-state index contributed by atoms with van der Waals surface area (Å²) in [5.41, 5.74) is 3.74. The standard InChI is InChI=1S/C20H23NO2/c1-15-7-6-10-17(11-15)18-13-21(14-19(18)20(22)23-2)12-16-8-4-3-5-9-16/h3-11,18-19H,12-14H2,1-2H3/t18?,19-/m0/s1. The molecule has 23 heavy (non-hydrogen) atoms. The van der Waals surface area contributed by atoms with Crippen LogP contribution in [0.25, 0.3) is 0 Å². The Morgan fingerprint density at radius 1 is 1.13 bits per heavy atom. The van der Waals surface area contributed by atoms with Gasteiger partial charge in [-0.25, -0.2) is 0 Å². The fourth-order valence-electron chi connectivity index (χ4n) is 3.48. The van der Waals surface area contributed by atoms with Crippen molar-refractivity contribution in [2.45, 2.75) is 19.4 Å². The van der Waals surface area contributed by atoms with Crippen LogP contribution in [0.2, 0.25) is 0 Å². The first-order valence-corrected chi connectivity index (χ1v) is 8.08. The zero-order valence-corrected chi connectivity index (χ0v) is 13.7. The molecule has 1 saturated heterocycles. The summed E-state index contributed by atoms with van der Waals surface area (Å²) in [5, 5.41) is 0. The molecule has 0 saturated carbocycles. The maximum Gasteiger partial charge on any atom is 0.310 e. The first-order chi connectivity index (χ1) is 11.2. The van der Waals surface area contributed by atoms with Crippen molar-refractivity contribution < 1.29 is 9.53 Å². The van der Waals surface area contributed by atoms with Gasteiger partial charge in [-0.1, -0.05) is 60.2 Å². The minimum atomic E-state index is -0.105. The second kappa shape index (κ2) is 6.97. The van der Waals surface area contributed by atoms with Crippen LogP contribution in [0.15, 0.2) is 54.6 Å². The number of esters is 1. The fourth-order valence-corrected chi connectivity index (χ4v) is 3.48. The summed E-state index contributed by atoms with van der Waals surface area (Å²) in [5.74, 6) is 0.00337. The molecular formula is C20H23NO2. The molecule has 1 heterocycles. The maximum absolute atomic E-state index is 12.2. The van der Waals surface area contributed by atoms with Crippen molar-refractivity contribution >= 4 is 5.97 Å².